The maximum absolute atomic E-state index is 10.7. The SMILES string of the molecule is CON=C(N)c1ccc(C(N)=O)cc1. The standard InChI is InChI=1S/C9H11N3O2/c1-14-12-8(10)6-2-4-7(5-3-6)9(11)13/h2-5H,1H3,(H2,10,12)(H2,11,13). The first-order valence-electron chi connectivity index (χ1n) is 3.92. The summed E-state index contributed by atoms with van der Waals surface area (Å²) in [6.07, 6.45) is 0. The Kier molecular flexibility index (Phi) is 3.06. The number of carbonyl (C=O) groups is 1. The summed E-state index contributed by atoms with van der Waals surface area (Å²) < 4.78 is 0. The van der Waals surface area contributed by atoms with Gasteiger partial charge in [-0.2, -0.15) is 0 Å². The second kappa shape index (κ2) is 4.27. The average Bonchev–Trinajstić information content (AvgIpc) is 2.18. The number of hydrogen-bond donors (Lipinski definition) is 2. The van der Waals surface area contributed by atoms with Gasteiger partial charge in [-0.3, -0.25) is 4.79 Å². The van der Waals surface area contributed by atoms with E-state index in [-0.39, 0.29) is 5.84 Å². The maximum Gasteiger partial charge on any atom is 0.248 e. The van der Waals surface area contributed by atoms with Gasteiger partial charge in [0.25, 0.3) is 0 Å². The number of hydrogen-bond acceptors (Lipinski definition) is 3. The average molecular weight is 193 g/mol. The van der Waals surface area contributed by atoms with Crippen LogP contribution in [0.1, 0.15) is 15.9 Å². The highest BCUT2D eigenvalue weighted by Gasteiger charge is 2.02. The molecule has 5 heteroatoms. The highest BCUT2D eigenvalue weighted by atomic mass is 16.6. The van der Waals surface area contributed by atoms with E-state index in [0.29, 0.717) is 11.1 Å². The first-order chi connectivity index (χ1) is 6.65. The van der Waals surface area contributed by atoms with Gasteiger partial charge in [0.05, 0.1) is 0 Å². The summed E-state index contributed by atoms with van der Waals surface area (Å²) in [6.45, 7) is 0. The predicted octanol–water partition coefficient (Wildman–Crippen LogP) is 0.0522. The molecule has 1 amide bonds. The van der Waals surface area contributed by atoms with Crippen molar-refractivity contribution in [1.82, 2.24) is 0 Å². The van der Waals surface area contributed by atoms with Crippen LogP contribution in [0.25, 0.3) is 0 Å². The molecule has 1 rings (SSSR count). The van der Waals surface area contributed by atoms with Crippen LogP contribution < -0.4 is 11.5 Å². The number of benzene rings is 1. The molecule has 0 saturated heterocycles. The lowest BCUT2D eigenvalue weighted by Crippen LogP contribution is -2.15. The van der Waals surface area contributed by atoms with Crippen molar-refractivity contribution in [3.63, 3.8) is 0 Å². The number of nitrogens with two attached hydrogens (primary N) is 2. The van der Waals surface area contributed by atoms with E-state index in [2.05, 4.69) is 9.99 Å². The van der Waals surface area contributed by atoms with Crippen molar-refractivity contribution in [2.75, 3.05) is 7.11 Å². The molecule has 0 aromatic heterocycles. The van der Waals surface area contributed by atoms with Crippen molar-refractivity contribution >= 4 is 11.7 Å². The number of amides is 1. The van der Waals surface area contributed by atoms with Crippen molar-refractivity contribution in [3.8, 4) is 0 Å². The van der Waals surface area contributed by atoms with E-state index in [1.807, 2.05) is 0 Å². The van der Waals surface area contributed by atoms with Gasteiger partial charge in [-0.05, 0) is 12.1 Å². The summed E-state index contributed by atoms with van der Waals surface area (Å²) in [7, 11) is 1.41. The molecule has 0 atom stereocenters. The Morgan fingerprint density at radius 3 is 2.14 bits per heavy atom. The van der Waals surface area contributed by atoms with Gasteiger partial charge in [0.1, 0.15) is 7.11 Å². The fourth-order valence-corrected chi connectivity index (χ4v) is 0.956. The summed E-state index contributed by atoms with van der Waals surface area (Å²) in [4.78, 5) is 15.3. The van der Waals surface area contributed by atoms with Crippen molar-refractivity contribution < 1.29 is 9.63 Å². The number of carbonyl (C=O) groups excluding carboxylic acids is 1. The van der Waals surface area contributed by atoms with Crippen molar-refractivity contribution in [2.24, 2.45) is 16.6 Å². The second-order valence-corrected chi connectivity index (χ2v) is 2.60. The Morgan fingerprint density at radius 2 is 1.71 bits per heavy atom. The zero-order valence-electron chi connectivity index (χ0n) is 7.73. The molecule has 14 heavy (non-hydrogen) atoms. The van der Waals surface area contributed by atoms with Gasteiger partial charge in [0.15, 0.2) is 5.84 Å². The molecule has 0 radical (unpaired) electrons. The summed E-state index contributed by atoms with van der Waals surface area (Å²) in [6, 6.07) is 6.46. The zero-order valence-corrected chi connectivity index (χ0v) is 7.73. The van der Waals surface area contributed by atoms with E-state index in [0.717, 1.165) is 0 Å². The van der Waals surface area contributed by atoms with Crippen LogP contribution in [0.3, 0.4) is 0 Å². The van der Waals surface area contributed by atoms with Gasteiger partial charge in [0.2, 0.25) is 5.91 Å². The summed E-state index contributed by atoms with van der Waals surface area (Å²) in [5.41, 5.74) is 11.7. The smallest absolute Gasteiger partial charge is 0.248 e. The molecule has 1 aromatic carbocycles. The third-order valence-corrected chi connectivity index (χ3v) is 1.65. The van der Waals surface area contributed by atoms with Gasteiger partial charge in [-0.25, -0.2) is 0 Å². The Balaban J connectivity index is 2.94. The Morgan fingerprint density at radius 1 is 1.21 bits per heavy atom. The lowest BCUT2D eigenvalue weighted by Gasteiger charge is -2.00. The highest BCUT2D eigenvalue weighted by Crippen LogP contribution is 2.03. The molecule has 4 N–H and O–H groups in total. The molecule has 0 unspecified atom stereocenters. The molecule has 0 fully saturated rings. The monoisotopic (exact) mass is 193 g/mol. The lowest BCUT2D eigenvalue weighted by atomic mass is 10.1. The maximum atomic E-state index is 10.7. The number of oxime groups is 1. The molecule has 0 bridgehead atoms. The van der Waals surface area contributed by atoms with Crippen LogP contribution in [0, 0.1) is 0 Å². The summed E-state index contributed by atoms with van der Waals surface area (Å²) in [5.74, 6) is -0.220. The molecule has 5 nitrogen and oxygen atoms in total. The van der Waals surface area contributed by atoms with Gasteiger partial charge in [-0.1, -0.05) is 17.3 Å². The molecule has 0 heterocycles. The highest BCUT2D eigenvalue weighted by molar-refractivity contribution is 5.99. The molecule has 1 aromatic rings. The van der Waals surface area contributed by atoms with E-state index in [1.165, 1.54) is 7.11 Å². The number of rotatable bonds is 3. The van der Waals surface area contributed by atoms with E-state index in [1.54, 1.807) is 24.3 Å². The van der Waals surface area contributed by atoms with E-state index in [9.17, 15) is 4.79 Å². The van der Waals surface area contributed by atoms with Gasteiger partial charge in [0, 0.05) is 11.1 Å². The minimum absolute atomic E-state index is 0.253. The first kappa shape index (κ1) is 10.0. The Hall–Kier alpha value is -2.04. The number of primary amides is 1. The fraction of sp³-hybridized carbons (Fsp3) is 0.111. The van der Waals surface area contributed by atoms with Gasteiger partial charge in [-0.15, -0.1) is 0 Å². The second-order valence-electron chi connectivity index (χ2n) is 2.60. The largest absolute Gasteiger partial charge is 0.397 e. The molecular weight excluding hydrogens is 182 g/mol. The molecule has 0 aliphatic heterocycles. The third-order valence-electron chi connectivity index (χ3n) is 1.65. The molecule has 0 spiro atoms. The van der Waals surface area contributed by atoms with E-state index < -0.39 is 5.91 Å². The minimum atomic E-state index is -0.473. The molecule has 0 aliphatic carbocycles. The van der Waals surface area contributed by atoms with Crippen LogP contribution in [-0.2, 0) is 4.84 Å². The van der Waals surface area contributed by atoms with Crippen molar-refractivity contribution in [3.05, 3.63) is 35.4 Å². The number of nitrogens with zero attached hydrogens (tertiary/aromatic N) is 1. The molecule has 0 aliphatic rings. The van der Waals surface area contributed by atoms with Gasteiger partial charge < -0.3 is 16.3 Å². The van der Waals surface area contributed by atoms with Crippen LogP contribution in [0.4, 0.5) is 0 Å². The first-order valence-corrected chi connectivity index (χ1v) is 3.92. The number of amidine groups is 1. The zero-order chi connectivity index (χ0) is 10.6. The lowest BCUT2D eigenvalue weighted by molar-refractivity contribution is 0.100. The van der Waals surface area contributed by atoms with Crippen molar-refractivity contribution in [1.29, 1.82) is 0 Å². The molecular formula is C9H11N3O2. The Labute approximate surface area is 81.3 Å². The Bertz CT molecular complexity index is 357. The summed E-state index contributed by atoms with van der Waals surface area (Å²) in [5, 5.41) is 3.55. The van der Waals surface area contributed by atoms with Crippen molar-refractivity contribution in [2.45, 2.75) is 0 Å². The van der Waals surface area contributed by atoms with Crippen LogP contribution in [-0.4, -0.2) is 18.9 Å². The summed E-state index contributed by atoms with van der Waals surface area (Å²) >= 11 is 0. The van der Waals surface area contributed by atoms with E-state index >= 15 is 0 Å². The molecule has 0 saturated carbocycles. The quantitative estimate of drug-likeness (QED) is 0.403. The van der Waals surface area contributed by atoms with Crippen LogP contribution in [0.2, 0.25) is 0 Å². The van der Waals surface area contributed by atoms with Gasteiger partial charge >= 0.3 is 0 Å². The third kappa shape index (κ3) is 2.22. The predicted molar refractivity (Wildman–Crippen MR) is 52.7 cm³/mol. The normalized spacial score (nSPS) is 11.1. The molecule has 74 valence electrons. The van der Waals surface area contributed by atoms with Crippen LogP contribution in [0.5, 0.6) is 0 Å². The fourth-order valence-electron chi connectivity index (χ4n) is 0.956. The van der Waals surface area contributed by atoms with Crippen LogP contribution in [0.15, 0.2) is 29.4 Å². The minimum Gasteiger partial charge on any atom is -0.397 e. The van der Waals surface area contributed by atoms with Crippen LogP contribution >= 0.6 is 0 Å². The topological polar surface area (TPSA) is 90.7 Å². The van der Waals surface area contributed by atoms with E-state index in [4.69, 9.17) is 11.5 Å².